The molecule has 0 amide bonds. The molecule has 1 atom stereocenters. The average molecular weight is 394 g/mol. The van der Waals surface area contributed by atoms with Crippen LogP contribution >= 0.6 is 11.6 Å². The Bertz CT molecular complexity index is 1030. The van der Waals surface area contributed by atoms with Crippen molar-refractivity contribution in [2.75, 3.05) is 6.61 Å². The molecule has 0 spiro atoms. The highest BCUT2D eigenvalue weighted by atomic mass is 35.5. The van der Waals surface area contributed by atoms with Gasteiger partial charge in [-0.05, 0) is 63.1 Å². The summed E-state index contributed by atoms with van der Waals surface area (Å²) in [5, 5.41) is 5.74. The predicted octanol–water partition coefficient (Wildman–Crippen LogP) is 5.35. The Hall–Kier alpha value is -2.43. The van der Waals surface area contributed by atoms with Gasteiger partial charge in [-0.1, -0.05) is 24.3 Å². The Morgan fingerprint density at radius 1 is 1.21 bits per heavy atom. The van der Waals surface area contributed by atoms with Gasteiger partial charge >= 0.3 is 0 Å². The van der Waals surface area contributed by atoms with Crippen molar-refractivity contribution >= 4 is 17.7 Å². The van der Waals surface area contributed by atoms with E-state index in [1.165, 1.54) is 11.3 Å². The van der Waals surface area contributed by atoms with Crippen molar-refractivity contribution in [1.82, 2.24) is 14.8 Å². The summed E-state index contributed by atoms with van der Waals surface area (Å²) < 4.78 is 7.99. The van der Waals surface area contributed by atoms with Gasteiger partial charge < -0.3 is 4.74 Å². The molecule has 144 valence electrons. The van der Waals surface area contributed by atoms with Crippen LogP contribution in [0.4, 0.5) is 0 Å². The molecular formula is C23H24ClN3O. The highest BCUT2D eigenvalue weighted by Gasteiger charge is 2.25. The molecule has 0 unspecified atom stereocenters. The van der Waals surface area contributed by atoms with Crippen LogP contribution in [0.15, 0.2) is 36.9 Å². The SMILES string of the molecule is C=Cc1cc(-n2nc(-c3cc(C)nc(C)c3)c3c2C[C@@H](C)OCC3)ccc1Cl. The van der Waals surface area contributed by atoms with Crippen molar-refractivity contribution < 1.29 is 4.74 Å². The lowest BCUT2D eigenvalue weighted by Crippen LogP contribution is -2.13. The van der Waals surface area contributed by atoms with Gasteiger partial charge in [0.1, 0.15) is 0 Å². The highest BCUT2D eigenvalue weighted by molar-refractivity contribution is 6.32. The summed E-state index contributed by atoms with van der Waals surface area (Å²) in [5.41, 5.74) is 8.45. The van der Waals surface area contributed by atoms with E-state index in [0.717, 1.165) is 46.7 Å². The van der Waals surface area contributed by atoms with Gasteiger partial charge in [0.05, 0.1) is 29.8 Å². The average Bonchev–Trinajstić information content (AvgIpc) is 2.88. The van der Waals surface area contributed by atoms with Gasteiger partial charge in [0.25, 0.3) is 0 Å². The zero-order valence-electron chi connectivity index (χ0n) is 16.5. The minimum absolute atomic E-state index is 0.150. The van der Waals surface area contributed by atoms with Gasteiger partial charge in [0.15, 0.2) is 0 Å². The molecular weight excluding hydrogens is 370 g/mol. The monoisotopic (exact) mass is 393 g/mol. The first-order chi connectivity index (χ1) is 13.5. The molecule has 5 heteroatoms. The van der Waals surface area contributed by atoms with Crippen LogP contribution in [0.3, 0.4) is 0 Å². The van der Waals surface area contributed by atoms with Gasteiger partial charge in [-0.15, -0.1) is 0 Å². The van der Waals surface area contributed by atoms with Gasteiger partial charge in [-0.25, -0.2) is 4.68 Å². The van der Waals surface area contributed by atoms with E-state index in [0.29, 0.717) is 11.6 Å². The number of hydrogen-bond acceptors (Lipinski definition) is 3. The normalized spacial score (nSPS) is 16.5. The maximum absolute atomic E-state index is 6.28. The summed E-state index contributed by atoms with van der Waals surface area (Å²) in [4.78, 5) is 4.51. The summed E-state index contributed by atoms with van der Waals surface area (Å²) in [6.07, 6.45) is 3.59. The molecule has 4 rings (SSSR count). The molecule has 4 nitrogen and oxygen atoms in total. The van der Waals surface area contributed by atoms with E-state index in [2.05, 4.69) is 30.6 Å². The van der Waals surface area contributed by atoms with E-state index in [9.17, 15) is 0 Å². The molecule has 3 aromatic rings. The first kappa shape index (κ1) is 18.9. The van der Waals surface area contributed by atoms with Crippen LogP contribution in [-0.4, -0.2) is 27.5 Å². The molecule has 1 aliphatic rings. The number of fused-ring (bicyclic) bond motifs is 1. The zero-order valence-corrected chi connectivity index (χ0v) is 17.3. The van der Waals surface area contributed by atoms with Crippen LogP contribution in [0.5, 0.6) is 0 Å². The van der Waals surface area contributed by atoms with Crippen LogP contribution in [0, 0.1) is 13.8 Å². The Kier molecular flexibility index (Phi) is 5.09. The number of aromatic nitrogens is 3. The number of pyridine rings is 1. The molecule has 0 saturated heterocycles. The van der Waals surface area contributed by atoms with Crippen molar-refractivity contribution in [2.45, 2.75) is 39.7 Å². The molecule has 1 aliphatic heterocycles. The Labute approximate surface area is 170 Å². The number of ether oxygens (including phenoxy) is 1. The Morgan fingerprint density at radius 3 is 2.68 bits per heavy atom. The molecule has 0 fully saturated rings. The lowest BCUT2D eigenvalue weighted by Gasteiger charge is -2.12. The van der Waals surface area contributed by atoms with E-state index in [1.54, 1.807) is 6.08 Å². The smallest absolute Gasteiger partial charge is 0.0964 e. The first-order valence-electron chi connectivity index (χ1n) is 9.56. The van der Waals surface area contributed by atoms with Crippen molar-refractivity contribution in [1.29, 1.82) is 0 Å². The van der Waals surface area contributed by atoms with E-state index >= 15 is 0 Å². The topological polar surface area (TPSA) is 39.9 Å². The molecule has 3 heterocycles. The summed E-state index contributed by atoms with van der Waals surface area (Å²) in [6, 6.07) is 10.1. The van der Waals surface area contributed by atoms with Crippen molar-refractivity contribution in [3.63, 3.8) is 0 Å². The maximum Gasteiger partial charge on any atom is 0.0964 e. The van der Waals surface area contributed by atoms with Gasteiger partial charge in [0.2, 0.25) is 0 Å². The second-order valence-corrected chi connectivity index (χ2v) is 7.78. The van der Waals surface area contributed by atoms with Crippen molar-refractivity contribution in [3.8, 4) is 16.9 Å². The molecule has 0 N–H and O–H groups in total. The van der Waals surface area contributed by atoms with Gasteiger partial charge in [-0.3, -0.25) is 4.98 Å². The first-order valence-corrected chi connectivity index (χ1v) is 9.94. The Balaban J connectivity index is 1.94. The largest absolute Gasteiger partial charge is 0.378 e. The molecule has 0 saturated carbocycles. The molecule has 2 aromatic heterocycles. The number of hydrogen-bond donors (Lipinski definition) is 0. The molecule has 0 aliphatic carbocycles. The third-order valence-corrected chi connectivity index (χ3v) is 5.47. The van der Waals surface area contributed by atoms with Crippen LogP contribution in [-0.2, 0) is 17.6 Å². The minimum atomic E-state index is 0.150. The summed E-state index contributed by atoms with van der Waals surface area (Å²) in [5.74, 6) is 0. The summed E-state index contributed by atoms with van der Waals surface area (Å²) in [6.45, 7) is 10.7. The Morgan fingerprint density at radius 2 is 1.96 bits per heavy atom. The third kappa shape index (κ3) is 3.50. The van der Waals surface area contributed by atoms with Crippen LogP contribution in [0.25, 0.3) is 23.0 Å². The van der Waals surface area contributed by atoms with E-state index in [4.69, 9.17) is 21.4 Å². The summed E-state index contributed by atoms with van der Waals surface area (Å²) in [7, 11) is 0. The van der Waals surface area contributed by atoms with E-state index in [-0.39, 0.29) is 6.10 Å². The fourth-order valence-electron chi connectivity index (χ4n) is 3.89. The van der Waals surface area contributed by atoms with E-state index in [1.807, 2.05) is 36.7 Å². The molecule has 0 radical (unpaired) electrons. The lowest BCUT2D eigenvalue weighted by atomic mass is 10.0. The highest BCUT2D eigenvalue weighted by Crippen LogP contribution is 2.32. The van der Waals surface area contributed by atoms with E-state index < -0.39 is 0 Å². The maximum atomic E-state index is 6.28. The number of aryl methyl sites for hydroxylation is 2. The second kappa shape index (κ2) is 7.53. The second-order valence-electron chi connectivity index (χ2n) is 7.37. The lowest BCUT2D eigenvalue weighted by molar-refractivity contribution is 0.0735. The molecule has 0 bridgehead atoms. The fraction of sp³-hybridized carbons (Fsp3) is 0.304. The predicted molar refractivity (Wildman–Crippen MR) is 114 cm³/mol. The van der Waals surface area contributed by atoms with Crippen LogP contribution < -0.4 is 0 Å². The fourth-order valence-corrected chi connectivity index (χ4v) is 4.08. The number of nitrogens with zero attached hydrogens (tertiary/aromatic N) is 3. The standard InChI is InChI=1S/C23H24ClN3O/c1-5-17-13-19(6-7-21(17)24)27-22-12-16(4)28-9-8-20(22)23(26-27)18-10-14(2)25-15(3)11-18/h5-7,10-11,13,16H,1,8-9,12H2,2-4H3/t16-/m1/s1. The molecule has 1 aromatic carbocycles. The van der Waals surface area contributed by atoms with Gasteiger partial charge in [0, 0.05) is 34.0 Å². The number of halogens is 1. The molecule has 28 heavy (non-hydrogen) atoms. The third-order valence-electron chi connectivity index (χ3n) is 5.12. The number of benzene rings is 1. The summed E-state index contributed by atoms with van der Waals surface area (Å²) >= 11 is 6.28. The zero-order chi connectivity index (χ0) is 19.8. The number of rotatable bonds is 3. The van der Waals surface area contributed by atoms with Crippen molar-refractivity contribution in [3.05, 3.63) is 70.1 Å². The van der Waals surface area contributed by atoms with Crippen molar-refractivity contribution in [2.24, 2.45) is 0 Å². The van der Waals surface area contributed by atoms with Gasteiger partial charge in [-0.2, -0.15) is 5.10 Å². The minimum Gasteiger partial charge on any atom is -0.378 e. The quantitative estimate of drug-likeness (QED) is 0.602. The van der Waals surface area contributed by atoms with Crippen LogP contribution in [0.2, 0.25) is 5.02 Å². The van der Waals surface area contributed by atoms with Crippen LogP contribution in [0.1, 0.15) is 35.1 Å².